The van der Waals surface area contributed by atoms with Crippen LogP contribution in [0.5, 0.6) is 11.5 Å². The fourth-order valence-corrected chi connectivity index (χ4v) is 10.7. The summed E-state index contributed by atoms with van der Waals surface area (Å²) in [5, 5.41) is 13.0. The van der Waals surface area contributed by atoms with Gasteiger partial charge in [-0.25, -0.2) is 0 Å². The van der Waals surface area contributed by atoms with E-state index >= 15 is 0 Å². The van der Waals surface area contributed by atoms with Gasteiger partial charge in [-0.1, -0.05) is 13.8 Å². The molecule has 12 heteroatoms. The van der Waals surface area contributed by atoms with Crippen LogP contribution in [0.4, 0.5) is 0 Å². The van der Waals surface area contributed by atoms with Crippen molar-refractivity contribution >= 4 is 23.9 Å². The van der Waals surface area contributed by atoms with E-state index in [2.05, 4.69) is 6.92 Å². The highest BCUT2D eigenvalue weighted by Crippen LogP contribution is 2.72. The van der Waals surface area contributed by atoms with Gasteiger partial charge in [0.2, 0.25) is 0 Å². The van der Waals surface area contributed by atoms with Crippen LogP contribution in [0.1, 0.15) is 79.7 Å². The van der Waals surface area contributed by atoms with Crippen molar-refractivity contribution < 1.29 is 57.4 Å². The predicted octanol–water partition coefficient (Wildman–Crippen LogP) is 4.76. The van der Waals surface area contributed by atoms with E-state index in [1.165, 1.54) is 27.7 Å². The number of aliphatic hydroxyl groups is 1. The lowest BCUT2D eigenvalue weighted by Crippen LogP contribution is -2.74. The molecule has 3 aliphatic carbocycles. The number of fused-ring (bicyclic) bond motifs is 5. The van der Waals surface area contributed by atoms with Gasteiger partial charge in [0.15, 0.2) is 0 Å². The topological polar surface area (TPSA) is 153 Å². The van der Waals surface area contributed by atoms with Gasteiger partial charge in [0.05, 0.1) is 39.6 Å². The van der Waals surface area contributed by atoms with Gasteiger partial charge in [-0.15, -0.1) is 0 Å². The second kappa shape index (κ2) is 14.4. The standard InChI is InChI=1S/C39H54O12/c1-22-16-32(49-24(3)41)37(7)30(39(22,44)13-10-27-17-28(45-8)19-29(18-27)46-9)11-12-36(6)31-20-47-21-38(31,14-15-48-23(2)40)35(51-26(5)43)33(34(36)37)50-25(4)42/h16-19,30-35,44H,10-15,20-21H2,1-9H3/t30-,31+,32-,33+,34?,35+,36+,37-,38+,39-/m1/s1. The minimum Gasteiger partial charge on any atom is -0.497 e. The summed E-state index contributed by atoms with van der Waals surface area (Å²) in [5.41, 5.74) is -2.23. The minimum absolute atomic E-state index is 0.0627. The van der Waals surface area contributed by atoms with E-state index in [1.807, 2.05) is 32.1 Å². The third-order valence-corrected chi connectivity index (χ3v) is 12.7. The Morgan fingerprint density at radius 1 is 0.863 bits per heavy atom. The zero-order valence-electron chi connectivity index (χ0n) is 31.4. The van der Waals surface area contributed by atoms with E-state index in [0.717, 1.165) is 5.56 Å². The maximum Gasteiger partial charge on any atom is 0.303 e. The van der Waals surface area contributed by atoms with Crippen LogP contribution in [0, 0.1) is 34.0 Å². The van der Waals surface area contributed by atoms with Crippen molar-refractivity contribution in [2.75, 3.05) is 34.0 Å². The first-order valence-electron chi connectivity index (χ1n) is 17.8. The first kappa shape index (κ1) is 38.6. The first-order valence-corrected chi connectivity index (χ1v) is 17.8. The van der Waals surface area contributed by atoms with Crippen LogP contribution in [-0.2, 0) is 49.3 Å². The molecule has 51 heavy (non-hydrogen) atoms. The number of hydrogen-bond donors (Lipinski definition) is 1. The summed E-state index contributed by atoms with van der Waals surface area (Å²) in [7, 11) is 3.18. The molecule has 1 saturated heterocycles. The summed E-state index contributed by atoms with van der Waals surface area (Å²) >= 11 is 0. The largest absolute Gasteiger partial charge is 0.497 e. The summed E-state index contributed by atoms with van der Waals surface area (Å²) in [4.78, 5) is 50.6. The van der Waals surface area contributed by atoms with Crippen molar-refractivity contribution in [1.82, 2.24) is 0 Å². The fourth-order valence-electron chi connectivity index (χ4n) is 10.7. The average molecular weight is 715 g/mol. The lowest BCUT2D eigenvalue weighted by atomic mass is 9.36. The molecular formula is C39H54O12. The lowest BCUT2D eigenvalue weighted by Gasteiger charge is -2.70. The second-order valence-corrected chi connectivity index (χ2v) is 15.5. The lowest BCUT2D eigenvalue weighted by molar-refractivity contribution is -0.287. The average Bonchev–Trinajstić information content (AvgIpc) is 3.49. The Morgan fingerprint density at radius 3 is 2.06 bits per heavy atom. The van der Waals surface area contributed by atoms with E-state index in [9.17, 15) is 24.3 Å². The third kappa shape index (κ3) is 6.74. The monoisotopic (exact) mass is 714 g/mol. The number of aryl methyl sites for hydroxylation is 1. The van der Waals surface area contributed by atoms with Crippen LogP contribution in [0.2, 0.25) is 0 Å². The summed E-state index contributed by atoms with van der Waals surface area (Å²) in [5.74, 6) is -2.01. The van der Waals surface area contributed by atoms with Gasteiger partial charge in [-0.3, -0.25) is 19.2 Å². The molecule has 1 aliphatic heterocycles. The molecule has 3 fully saturated rings. The Hall–Kier alpha value is -3.64. The van der Waals surface area contributed by atoms with Crippen LogP contribution in [0.15, 0.2) is 29.8 Å². The van der Waals surface area contributed by atoms with E-state index in [4.69, 9.17) is 33.2 Å². The van der Waals surface area contributed by atoms with Gasteiger partial charge in [0.25, 0.3) is 0 Å². The summed E-state index contributed by atoms with van der Waals surface area (Å²) < 4.78 is 41.3. The van der Waals surface area contributed by atoms with Crippen molar-refractivity contribution in [1.29, 1.82) is 0 Å². The Morgan fingerprint density at radius 2 is 1.49 bits per heavy atom. The van der Waals surface area contributed by atoms with Gasteiger partial charge in [-0.2, -0.15) is 0 Å². The molecular weight excluding hydrogens is 660 g/mol. The number of esters is 4. The number of rotatable bonds is 11. The molecule has 1 N–H and O–H groups in total. The Bertz CT molecular complexity index is 1530. The highest BCUT2D eigenvalue weighted by atomic mass is 16.6. The third-order valence-electron chi connectivity index (χ3n) is 12.7. The highest BCUT2D eigenvalue weighted by Gasteiger charge is 2.76. The van der Waals surface area contributed by atoms with Crippen molar-refractivity contribution in [3.8, 4) is 11.5 Å². The fraction of sp³-hybridized carbons (Fsp3) is 0.692. The first-order chi connectivity index (χ1) is 24.0. The Balaban J connectivity index is 1.67. The maximum absolute atomic E-state index is 13.1. The summed E-state index contributed by atoms with van der Waals surface area (Å²) in [6, 6.07) is 5.64. The molecule has 0 aromatic heterocycles. The van der Waals surface area contributed by atoms with Gasteiger partial charge >= 0.3 is 23.9 Å². The molecule has 0 spiro atoms. The van der Waals surface area contributed by atoms with E-state index in [1.54, 1.807) is 20.3 Å². The summed E-state index contributed by atoms with van der Waals surface area (Å²) in [6.45, 7) is 12.0. The predicted molar refractivity (Wildman–Crippen MR) is 184 cm³/mol. The Kier molecular flexibility index (Phi) is 10.9. The Labute approximate surface area is 300 Å². The molecule has 0 bridgehead atoms. The van der Waals surface area contributed by atoms with Crippen LogP contribution >= 0.6 is 0 Å². The van der Waals surface area contributed by atoms with Crippen molar-refractivity contribution in [2.45, 2.75) is 104 Å². The molecule has 1 heterocycles. The van der Waals surface area contributed by atoms with Gasteiger partial charge in [0, 0.05) is 56.4 Å². The zero-order valence-corrected chi connectivity index (χ0v) is 31.4. The molecule has 282 valence electrons. The smallest absolute Gasteiger partial charge is 0.303 e. The van der Waals surface area contributed by atoms with Gasteiger partial charge in [0.1, 0.15) is 29.8 Å². The molecule has 5 rings (SSSR count). The maximum atomic E-state index is 13.1. The minimum atomic E-state index is -1.35. The second-order valence-electron chi connectivity index (χ2n) is 15.5. The van der Waals surface area contributed by atoms with Crippen LogP contribution in [0.25, 0.3) is 0 Å². The SMILES string of the molecule is COc1cc(CC[C@@]2(O)C(C)=C[C@@H](OC(C)=O)[C@]3(C)C4[C@H](OC(C)=O)[C@H](OC(C)=O)[C@@]5(CCOC(C)=O)COC[C@H]5[C@]4(C)CC[C@H]32)cc(OC)c1. The molecule has 1 unspecified atom stereocenters. The van der Waals surface area contributed by atoms with Crippen molar-refractivity contribution in [3.05, 3.63) is 35.4 Å². The molecule has 0 radical (unpaired) electrons. The quantitative estimate of drug-likeness (QED) is 0.191. The number of carbonyl (C=O) groups is 4. The number of methoxy groups -OCH3 is 2. The van der Waals surface area contributed by atoms with E-state index in [0.29, 0.717) is 55.8 Å². The number of benzene rings is 1. The normalized spacial score (nSPS) is 36.7. The summed E-state index contributed by atoms with van der Waals surface area (Å²) in [6.07, 6.45) is 1.38. The molecule has 10 atom stereocenters. The molecule has 2 saturated carbocycles. The zero-order chi connectivity index (χ0) is 37.5. The molecule has 4 aliphatic rings. The van der Waals surface area contributed by atoms with Gasteiger partial charge in [-0.05, 0) is 79.7 Å². The highest BCUT2D eigenvalue weighted by molar-refractivity contribution is 5.68. The number of hydrogen-bond acceptors (Lipinski definition) is 12. The molecule has 1 aromatic rings. The number of carbonyl (C=O) groups excluding carboxylic acids is 4. The van der Waals surface area contributed by atoms with Crippen molar-refractivity contribution in [3.63, 3.8) is 0 Å². The molecule has 1 aromatic carbocycles. The van der Waals surface area contributed by atoms with E-state index in [-0.39, 0.29) is 19.1 Å². The van der Waals surface area contributed by atoms with Crippen LogP contribution in [-0.4, -0.2) is 86.9 Å². The molecule has 12 nitrogen and oxygen atoms in total. The van der Waals surface area contributed by atoms with Crippen LogP contribution < -0.4 is 9.47 Å². The van der Waals surface area contributed by atoms with Gasteiger partial charge < -0.3 is 38.3 Å². The van der Waals surface area contributed by atoms with Crippen molar-refractivity contribution in [2.24, 2.45) is 34.0 Å². The van der Waals surface area contributed by atoms with E-state index < -0.39 is 75.9 Å². The van der Waals surface area contributed by atoms with Crippen LogP contribution in [0.3, 0.4) is 0 Å². The number of ether oxygens (including phenoxy) is 7. The molecule has 0 amide bonds.